The van der Waals surface area contributed by atoms with E-state index in [4.69, 9.17) is 10.5 Å². The third kappa shape index (κ3) is 4.11. The molecule has 1 aromatic rings. The number of nitrogens with two attached hydrogens (primary N) is 1. The van der Waals surface area contributed by atoms with Crippen molar-refractivity contribution in [2.24, 2.45) is 5.73 Å². The molecule has 8 heteroatoms. The Bertz CT molecular complexity index is 509. The normalized spacial score (nSPS) is 15.7. The SMILES string of the molecule is CCOC(=O)C(C)(N)CC(C)Sc1n[nH]c(=O)n1CC. The van der Waals surface area contributed by atoms with E-state index >= 15 is 0 Å². The van der Waals surface area contributed by atoms with Crippen molar-refractivity contribution in [3.63, 3.8) is 0 Å². The number of hydrogen-bond acceptors (Lipinski definition) is 6. The molecule has 0 aliphatic rings. The minimum absolute atomic E-state index is 0.0231. The second-order valence-electron chi connectivity index (χ2n) is 4.83. The number of nitrogens with one attached hydrogen (secondary N) is 1. The number of hydrogen-bond donors (Lipinski definition) is 2. The lowest BCUT2D eigenvalue weighted by Gasteiger charge is -2.25. The van der Waals surface area contributed by atoms with E-state index in [1.807, 2.05) is 13.8 Å². The standard InChI is InChI=1S/C12H22N4O3S/c1-5-16-10(18)14-15-11(16)20-8(3)7-12(4,13)9(17)19-6-2/h8H,5-7,13H2,1-4H3,(H,14,18). The molecule has 20 heavy (non-hydrogen) atoms. The summed E-state index contributed by atoms with van der Waals surface area (Å²) < 4.78 is 6.50. The van der Waals surface area contributed by atoms with Gasteiger partial charge < -0.3 is 10.5 Å². The maximum atomic E-state index is 11.7. The van der Waals surface area contributed by atoms with Gasteiger partial charge in [0.05, 0.1) is 6.61 Å². The fourth-order valence-corrected chi connectivity index (χ4v) is 3.10. The van der Waals surface area contributed by atoms with Crippen molar-refractivity contribution in [1.82, 2.24) is 14.8 Å². The predicted octanol–water partition coefficient (Wildman–Crippen LogP) is 0.742. The third-order valence-corrected chi connectivity index (χ3v) is 3.89. The van der Waals surface area contributed by atoms with E-state index < -0.39 is 11.5 Å². The van der Waals surface area contributed by atoms with Crippen LogP contribution in [0.25, 0.3) is 0 Å². The zero-order valence-corrected chi connectivity index (χ0v) is 13.1. The molecule has 1 heterocycles. The van der Waals surface area contributed by atoms with Crippen LogP contribution in [0, 0.1) is 0 Å². The number of aromatic nitrogens is 3. The highest BCUT2D eigenvalue weighted by molar-refractivity contribution is 7.99. The highest BCUT2D eigenvalue weighted by Crippen LogP contribution is 2.26. The molecule has 114 valence electrons. The van der Waals surface area contributed by atoms with Gasteiger partial charge in [0, 0.05) is 11.8 Å². The molecule has 7 nitrogen and oxygen atoms in total. The minimum Gasteiger partial charge on any atom is -0.465 e. The molecule has 1 aromatic heterocycles. The summed E-state index contributed by atoms with van der Waals surface area (Å²) in [5.41, 5.74) is 4.71. The number of esters is 1. The van der Waals surface area contributed by atoms with Crippen LogP contribution < -0.4 is 11.4 Å². The Balaban J connectivity index is 2.69. The van der Waals surface area contributed by atoms with Crippen LogP contribution in [0.3, 0.4) is 0 Å². The summed E-state index contributed by atoms with van der Waals surface area (Å²) in [6.07, 6.45) is 0.432. The molecule has 1 rings (SSSR count). The lowest BCUT2D eigenvalue weighted by molar-refractivity contribution is -0.149. The molecule has 0 saturated carbocycles. The minimum atomic E-state index is -1.05. The summed E-state index contributed by atoms with van der Waals surface area (Å²) in [7, 11) is 0. The fourth-order valence-electron chi connectivity index (χ4n) is 1.87. The average molecular weight is 302 g/mol. The van der Waals surface area contributed by atoms with Gasteiger partial charge in [-0.3, -0.25) is 9.36 Å². The molecule has 0 aliphatic heterocycles. The average Bonchev–Trinajstić information content (AvgIpc) is 2.69. The number of carbonyl (C=O) groups is 1. The summed E-state index contributed by atoms with van der Waals surface area (Å²) in [5, 5.41) is 7.01. The first-order valence-electron chi connectivity index (χ1n) is 6.59. The van der Waals surface area contributed by atoms with Gasteiger partial charge in [0.1, 0.15) is 5.54 Å². The van der Waals surface area contributed by atoms with Gasteiger partial charge in [-0.05, 0) is 27.2 Å². The highest BCUT2D eigenvalue weighted by Gasteiger charge is 2.32. The lowest BCUT2D eigenvalue weighted by Crippen LogP contribution is -2.47. The van der Waals surface area contributed by atoms with Crippen molar-refractivity contribution in [2.75, 3.05) is 6.61 Å². The van der Waals surface area contributed by atoms with Crippen LogP contribution in [0.4, 0.5) is 0 Å². The second-order valence-corrected chi connectivity index (χ2v) is 6.23. The van der Waals surface area contributed by atoms with Gasteiger partial charge >= 0.3 is 11.7 Å². The summed E-state index contributed by atoms with van der Waals surface area (Å²) in [6.45, 7) is 8.06. The number of H-pyrrole nitrogens is 1. The Kier molecular flexibility index (Phi) is 5.82. The Morgan fingerprint density at radius 2 is 2.25 bits per heavy atom. The Morgan fingerprint density at radius 3 is 2.80 bits per heavy atom. The van der Waals surface area contributed by atoms with Crippen molar-refractivity contribution in [3.8, 4) is 0 Å². The number of thioether (sulfide) groups is 1. The van der Waals surface area contributed by atoms with E-state index in [-0.39, 0.29) is 10.9 Å². The third-order valence-electron chi connectivity index (χ3n) is 2.80. The van der Waals surface area contributed by atoms with Crippen LogP contribution in [-0.2, 0) is 16.1 Å². The van der Waals surface area contributed by atoms with Crippen LogP contribution in [0.2, 0.25) is 0 Å². The van der Waals surface area contributed by atoms with Crippen molar-refractivity contribution in [3.05, 3.63) is 10.5 Å². The maximum Gasteiger partial charge on any atom is 0.343 e. The molecule has 0 saturated heterocycles. The zero-order valence-electron chi connectivity index (χ0n) is 12.3. The van der Waals surface area contributed by atoms with Gasteiger partial charge in [-0.2, -0.15) is 0 Å². The van der Waals surface area contributed by atoms with E-state index in [9.17, 15) is 9.59 Å². The Hall–Kier alpha value is -1.28. The monoisotopic (exact) mass is 302 g/mol. The molecular formula is C12H22N4O3S. The zero-order chi connectivity index (χ0) is 15.3. The highest BCUT2D eigenvalue weighted by atomic mass is 32.2. The molecule has 0 bridgehead atoms. The molecule has 0 spiro atoms. The second kappa shape index (κ2) is 6.94. The summed E-state index contributed by atoms with van der Waals surface area (Å²) in [4.78, 5) is 23.2. The molecule has 0 aromatic carbocycles. The van der Waals surface area contributed by atoms with Gasteiger partial charge in [-0.15, -0.1) is 5.10 Å². The Labute approximate surface area is 122 Å². The number of carbonyl (C=O) groups excluding carboxylic acids is 1. The predicted molar refractivity (Wildman–Crippen MR) is 77.7 cm³/mol. The first kappa shape index (κ1) is 16.8. The quantitative estimate of drug-likeness (QED) is 0.569. The first-order chi connectivity index (χ1) is 9.31. The number of nitrogens with zero attached hydrogens (tertiary/aromatic N) is 2. The van der Waals surface area contributed by atoms with Gasteiger partial charge in [-0.25, -0.2) is 9.89 Å². The lowest BCUT2D eigenvalue weighted by atomic mass is 9.98. The first-order valence-corrected chi connectivity index (χ1v) is 7.47. The summed E-state index contributed by atoms with van der Waals surface area (Å²) in [6, 6.07) is 0. The topological polar surface area (TPSA) is 103 Å². The molecule has 0 fully saturated rings. The molecule has 0 aliphatic carbocycles. The molecule has 0 amide bonds. The molecule has 3 N–H and O–H groups in total. The largest absolute Gasteiger partial charge is 0.465 e. The van der Waals surface area contributed by atoms with Crippen LogP contribution in [0.5, 0.6) is 0 Å². The van der Waals surface area contributed by atoms with Crippen molar-refractivity contribution < 1.29 is 9.53 Å². The van der Waals surface area contributed by atoms with E-state index in [0.717, 1.165) is 0 Å². The van der Waals surface area contributed by atoms with Crippen LogP contribution in [0.15, 0.2) is 9.95 Å². The molecule has 2 unspecified atom stereocenters. The van der Waals surface area contributed by atoms with Gasteiger partial charge in [0.15, 0.2) is 5.16 Å². The fraction of sp³-hybridized carbons (Fsp3) is 0.750. The molecule has 0 radical (unpaired) electrons. The summed E-state index contributed by atoms with van der Waals surface area (Å²) in [5.74, 6) is -0.414. The maximum absolute atomic E-state index is 11.7. The van der Waals surface area contributed by atoms with Crippen molar-refractivity contribution in [1.29, 1.82) is 0 Å². The Morgan fingerprint density at radius 1 is 1.60 bits per heavy atom. The van der Waals surface area contributed by atoms with Crippen LogP contribution >= 0.6 is 11.8 Å². The van der Waals surface area contributed by atoms with Gasteiger partial charge in [0.25, 0.3) is 0 Å². The number of rotatable bonds is 7. The smallest absolute Gasteiger partial charge is 0.343 e. The van der Waals surface area contributed by atoms with Crippen molar-refractivity contribution in [2.45, 2.75) is 56.6 Å². The molecule has 2 atom stereocenters. The van der Waals surface area contributed by atoms with Crippen LogP contribution in [0.1, 0.15) is 34.1 Å². The van der Waals surface area contributed by atoms with E-state index in [0.29, 0.717) is 24.7 Å². The van der Waals surface area contributed by atoms with Gasteiger partial charge in [-0.1, -0.05) is 18.7 Å². The van der Waals surface area contributed by atoms with Gasteiger partial charge in [0.2, 0.25) is 0 Å². The number of aromatic amines is 1. The van der Waals surface area contributed by atoms with Crippen molar-refractivity contribution >= 4 is 17.7 Å². The van der Waals surface area contributed by atoms with E-state index in [1.54, 1.807) is 18.4 Å². The van der Waals surface area contributed by atoms with Crippen LogP contribution in [-0.4, -0.2) is 38.1 Å². The van der Waals surface area contributed by atoms with E-state index in [1.165, 1.54) is 11.8 Å². The summed E-state index contributed by atoms with van der Waals surface area (Å²) >= 11 is 1.41. The number of ether oxygens (including phenoxy) is 1. The van der Waals surface area contributed by atoms with E-state index in [2.05, 4.69) is 10.2 Å². The molecular weight excluding hydrogens is 280 g/mol.